The molecule has 1 aliphatic rings. The second-order valence-electron chi connectivity index (χ2n) is 7.50. The highest BCUT2D eigenvalue weighted by molar-refractivity contribution is 7.89. The van der Waals surface area contributed by atoms with E-state index in [-0.39, 0.29) is 40.8 Å². The van der Waals surface area contributed by atoms with Crippen molar-refractivity contribution in [1.29, 1.82) is 0 Å². The third-order valence-electron chi connectivity index (χ3n) is 4.83. The molecule has 0 spiro atoms. The van der Waals surface area contributed by atoms with Gasteiger partial charge in [-0.15, -0.1) is 0 Å². The Morgan fingerprint density at radius 3 is 2.38 bits per heavy atom. The average molecular weight is 437 g/mol. The second-order valence-corrected chi connectivity index (χ2v) is 9.81. The van der Waals surface area contributed by atoms with Crippen LogP contribution in [0.5, 0.6) is 0 Å². The van der Waals surface area contributed by atoms with Crippen LogP contribution in [0.3, 0.4) is 0 Å². The van der Waals surface area contributed by atoms with Gasteiger partial charge in [0.05, 0.1) is 17.2 Å². The van der Waals surface area contributed by atoms with Crippen molar-refractivity contribution in [3.63, 3.8) is 0 Å². The zero-order valence-corrected chi connectivity index (χ0v) is 18.5. The van der Waals surface area contributed by atoms with Crippen molar-refractivity contribution in [2.75, 3.05) is 18.4 Å². The van der Waals surface area contributed by atoms with Gasteiger partial charge in [-0.3, -0.25) is 4.79 Å². The molecule has 0 saturated carbocycles. The van der Waals surface area contributed by atoms with Crippen LogP contribution in [0.4, 0.5) is 5.69 Å². The third-order valence-corrected chi connectivity index (χ3v) is 7.14. The number of carbonyl (C=O) groups excluding carboxylic acids is 1. The molecule has 2 aromatic rings. The quantitative estimate of drug-likeness (QED) is 0.785. The Hall–Kier alpha value is -1.93. The molecule has 2 aromatic carbocycles. The molecule has 1 fully saturated rings. The van der Waals surface area contributed by atoms with Crippen LogP contribution in [0.25, 0.3) is 0 Å². The molecule has 1 N–H and O–H groups in total. The van der Waals surface area contributed by atoms with Crippen LogP contribution in [0, 0.1) is 13.8 Å². The average Bonchev–Trinajstić information content (AvgIpc) is 2.63. The highest BCUT2D eigenvalue weighted by atomic mass is 35.5. The zero-order valence-electron chi connectivity index (χ0n) is 16.9. The summed E-state index contributed by atoms with van der Waals surface area (Å²) in [5, 5.41) is 2.92. The summed E-state index contributed by atoms with van der Waals surface area (Å²) in [5.74, 6) is -0.395. The predicted octanol–water partition coefficient (Wildman–Crippen LogP) is 4.01. The maximum atomic E-state index is 13.2. The predicted molar refractivity (Wildman–Crippen MR) is 114 cm³/mol. The molecule has 0 aliphatic carbocycles. The molecule has 156 valence electrons. The van der Waals surface area contributed by atoms with Gasteiger partial charge in [0.2, 0.25) is 10.0 Å². The Morgan fingerprint density at radius 2 is 1.76 bits per heavy atom. The molecule has 0 aromatic heterocycles. The highest BCUT2D eigenvalue weighted by Gasteiger charge is 2.33. The lowest BCUT2D eigenvalue weighted by Gasteiger charge is -2.34. The number of hydrogen-bond acceptors (Lipinski definition) is 4. The molecule has 3 rings (SSSR count). The Balaban J connectivity index is 1.90. The molecule has 29 heavy (non-hydrogen) atoms. The van der Waals surface area contributed by atoms with Gasteiger partial charge in [0.1, 0.15) is 4.90 Å². The number of sulfonamides is 1. The van der Waals surface area contributed by atoms with Crippen molar-refractivity contribution in [1.82, 2.24) is 4.31 Å². The van der Waals surface area contributed by atoms with Gasteiger partial charge in [0.15, 0.2) is 0 Å². The summed E-state index contributed by atoms with van der Waals surface area (Å²) in [6.07, 6.45) is -0.438. The van der Waals surface area contributed by atoms with Crippen LogP contribution in [-0.2, 0) is 14.8 Å². The molecule has 0 bridgehead atoms. The first-order valence-electron chi connectivity index (χ1n) is 9.41. The standard InChI is InChI=1S/C21H25ClN2O4S/c1-13-5-8-19(14(2)9-13)23-21(25)17-6-7-18(22)20(10-17)29(26,27)24-11-15(3)28-16(4)12-24/h5-10,15-16H,11-12H2,1-4H3,(H,23,25)/t15-,16-/m1/s1. The lowest BCUT2D eigenvalue weighted by atomic mass is 10.1. The Bertz CT molecular complexity index is 1030. The first-order chi connectivity index (χ1) is 13.6. The summed E-state index contributed by atoms with van der Waals surface area (Å²) in [7, 11) is -3.86. The molecular weight excluding hydrogens is 412 g/mol. The van der Waals surface area contributed by atoms with Crippen molar-refractivity contribution in [2.45, 2.75) is 44.8 Å². The molecule has 0 unspecified atom stereocenters. The first kappa shape index (κ1) is 21.8. The van der Waals surface area contributed by atoms with Crippen LogP contribution in [-0.4, -0.2) is 43.9 Å². The SMILES string of the molecule is Cc1ccc(NC(=O)c2ccc(Cl)c(S(=O)(=O)N3C[C@@H](C)O[C@H](C)C3)c2)c(C)c1. The number of morpholine rings is 1. The number of ether oxygens (including phenoxy) is 1. The molecule has 0 radical (unpaired) electrons. The van der Waals surface area contributed by atoms with E-state index in [4.69, 9.17) is 16.3 Å². The number of benzene rings is 2. The maximum absolute atomic E-state index is 13.2. The van der Waals surface area contributed by atoms with Crippen molar-refractivity contribution in [3.05, 3.63) is 58.1 Å². The number of anilines is 1. The summed E-state index contributed by atoms with van der Waals surface area (Å²) >= 11 is 6.21. The minimum atomic E-state index is -3.86. The number of halogens is 1. The smallest absolute Gasteiger partial charge is 0.255 e. The van der Waals surface area contributed by atoms with E-state index in [0.29, 0.717) is 5.69 Å². The molecule has 2 atom stereocenters. The van der Waals surface area contributed by atoms with E-state index >= 15 is 0 Å². The van der Waals surface area contributed by atoms with Gasteiger partial charge >= 0.3 is 0 Å². The van der Waals surface area contributed by atoms with E-state index in [2.05, 4.69) is 5.32 Å². The fraction of sp³-hybridized carbons (Fsp3) is 0.381. The zero-order chi connectivity index (χ0) is 21.3. The second kappa shape index (κ2) is 8.44. The van der Waals surface area contributed by atoms with Crippen LogP contribution >= 0.6 is 11.6 Å². The molecule has 1 saturated heterocycles. The first-order valence-corrected chi connectivity index (χ1v) is 11.2. The van der Waals surface area contributed by atoms with Crippen molar-refractivity contribution >= 4 is 33.2 Å². The summed E-state index contributed by atoms with van der Waals surface area (Å²) in [5.41, 5.74) is 2.92. The Kier molecular flexibility index (Phi) is 6.33. The third kappa shape index (κ3) is 4.80. The molecular formula is C21H25ClN2O4S. The van der Waals surface area contributed by atoms with Gasteiger partial charge < -0.3 is 10.1 Å². The Morgan fingerprint density at radius 1 is 1.10 bits per heavy atom. The number of nitrogens with one attached hydrogen (secondary N) is 1. The van der Waals surface area contributed by atoms with Gasteiger partial charge in [-0.1, -0.05) is 29.3 Å². The van der Waals surface area contributed by atoms with Gasteiger partial charge in [0, 0.05) is 24.3 Å². The van der Waals surface area contributed by atoms with Crippen LogP contribution < -0.4 is 5.32 Å². The van der Waals surface area contributed by atoms with Gasteiger partial charge in [-0.25, -0.2) is 8.42 Å². The lowest BCUT2D eigenvalue weighted by molar-refractivity contribution is -0.0440. The van der Waals surface area contributed by atoms with E-state index in [1.165, 1.54) is 22.5 Å². The molecule has 1 heterocycles. The van der Waals surface area contributed by atoms with Gasteiger partial charge in [-0.05, 0) is 57.5 Å². The minimum absolute atomic E-state index is 0.0752. The van der Waals surface area contributed by atoms with E-state index in [1.807, 2.05) is 45.9 Å². The van der Waals surface area contributed by atoms with Gasteiger partial charge in [-0.2, -0.15) is 4.31 Å². The minimum Gasteiger partial charge on any atom is -0.373 e. The van der Waals surface area contributed by atoms with Crippen LogP contribution in [0.2, 0.25) is 5.02 Å². The molecule has 8 heteroatoms. The van der Waals surface area contributed by atoms with Crippen molar-refractivity contribution in [3.8, 4) is 0 Å². The summed E-state index contributed by atoms with van der Waals surface area (Å²) < 4.78 is 33.3. The Labute approximate surface area is 176 Å². The fourth-order valence-electron chi connectivity index (χ4n) is 3.46. The monoisotopic (exact) mass is 436 g/mol. The van der Waals surface area contributed by atoms with E-state index < -0.39 is 15.9 Å². The molecule has 6 nitrogen and oxygen atoms in total. The number of nitrogens with zero attached hydrogens (tertiary/aromatic N) is 1. The van der Waals surface area contributed by atoms with Crippen LogP contribution in [0.15, 0.2) is 41.3 Å². The van der Waals surface area contributed by atoms with Crippen LogP contribution in [0.1, 0.15) is 35.3 Å². The molecule has 1 aliphatic heterocycles. The number of rotatable bonds is 4. The summed E-state index contributed by atoms with van der Waals surface area (Å²) in [4.78, 5) is 12.7. The number of aryl methyl sites for hydroxylation is 2. The largest absolute Gasteiger partial charge is 0.373 e. The van der Waals surface area contributed by atoms with E-state index in [0.717, 1.165) is 11.1 Å². The van der Waals surface area contributed by atoms with Crippen molar-refractivity contribution < 1.29 is 17.9 Å². The summed E-state index contributed by atoms with van der Waals surface area (Å²) in [6, 6.07) is 9.99. The van der Waals surface area contributed by atoms with E-state index in [1.54, 1.807) is 0 Å². The number of amides is 1. The normalized spacial score (nSPS) is 20.4. The summed E-state index contributed by atoms with van der Waals surface area (Å²) in [6.45, 7) is 8.01. The number of hydrogen-bond donors (Lipinski definition) is 1. The lowest BCUT2D eigenvalue weighted by Crippen LogP contribution is -2.48. The topological polar surface area (TPSA) is 75.7 Å². The fourth-order valence-corrected chi connectivity index (χ4v) is 5.55. The van der Waals surface area contributed by atoms with Crippen molar-refractivity contribution in [2.24, 2.45) is 0 Å². The van der Waals surface area contributed by atoms with E-state index in [9.17, 15) is 13.2 Å². The van der Waals surface area contributed by atoms with Gasteiger partial charge in [0.25, 0.3) is 5.91 Å². The molecule has 1 amide bonds. The number of carbonyl (C=O) groups is 1. The highest BCUT2D eigenvalue weighted by Crippen LogP contribution is 2.28. The maximum Gasteiger partial charge on any atom is 0.255 e.